The van der Waals surface area contributed by atoms with E-state index < -0.39 is 11.7 Å². The average molecular weight is 297 g/mol. The van der Waals surface area contributed by atoms with E-state index in [1.165, 1.54) is 12.8 Å². The van der Waals surface area contributed by atoms with Crippen molar-refractivity contribution in [1.29, 1.82) is 0 Å². The summed E-state index contributed by atoms with van der Waals surface area (Å²) in [6.07, 6.45) is -0.679. The molecule has 2 aliphatic carbocycles. The monoisotopic (exact) mass is 297 g/mol. The molecule has 2 bridgehead atoms. The normalized spacial score (nSPS) is 34.2. The molecular weight excluding hydrogens is 275 g/mol. The zero-order valence-corrected chi connectivity index (χ0v) is 12.7. The van der Waals surface area contributed by atoms with E-state index >= 15 is 0 Å². The lowest BCUT2D eigenvalue weighted by Gasteiger charge is -2.40. The Balaban J connectivity index is 1.77. The molecule has 0 saturated heterocycles. The van der Waals surface area contributed by atoms with Crippen molar-refractivity contribution in [3.05, 3.63) is 29.8 Å². The fraction of sp³-hybridized carbons (Fsp3) is 0.647. The maximum Gasteiger partial charge on any atom is 0.416 e. The highest BCUT2D eigenvalue weighted by Crippen LogP contribution is 2.65. The van der Waals surface area contributed by atoms with Crippen molar-refractivity contribution in [2.45, 2.75) is 52.3 Å². The topological polar surface area (TPSA) is 12.0 Å². The van der Waals surface area contributed by atoms with E-state index in [4.69, 9.17) is 0 Å². The summed E-state index contributed by atoms with van der Waals surface area (Å²) >= 11 is 0. The number of alkyl halides is 3. The zero-order valence-electron chi connectivity index (χ0n) is 12.7. The summed E-state index contributed by atoms with van der Waals surface area (Å²) in [4.78, 5) is 0. The highest BCUT2D eigenvalue weighted by atomic mass is 19.4. The second-order valence-electron chi connectivity index (χ2n) is 7.38. The molecule has 0 aliphatic heterocycles. The Hall–Kier alpha value is -1.19. The number of hydrogen-bond acceptors (Lipinski definition) is 1. The van der Waals surface area contributed by atoms with Crippen LogP contribution < -0.4 is 5.32 Å². The predicted octanol–water partition coefficient (Wildman–Crippen LogP) is 5.33. The van der Waals surface area contributed by atoms with E-state index in [9.17, 15) is 13.2 Å². The molecule has 2 saturated carbocycles. The van der Waals surface area contributed by atoms with Crippen LogP contribution in [0.5, 0.6) is 0 Å². The van der Waals surface area contributed by atoms with Gasteiger partial charge in [0.25, 0.3) is 0 Å². The van der Waals surface area contributed by atoms with Crippen LogP contribution in [0.15, 0.2) is 24.3 Å². The van der Waals surface area contributed by atoms with E-state index in [0.29, 0.717) is 11.5 Å². The minimum atomic E-state index is -4.26. The van der Waals surface area contributed by atoms with Crippen molar-refractivity contribution in [2.24, 2.45) is 16.7 Å². The van der Waals surface area contributed by atoms with E-state index in [1.807, 2.05) is 0 Å². The molecule has 1 nitrogen and oxygen atoms in total. The number of anilines is 1. The molecule has 1 aromatic carbocycles. The first-order chi connectivity index (χ1) is 9.64. The van der Waals surface area contributed by atoms with E-state index in [0.717, 1.165) is 30.2 Å². The molecule has 3 rings (SSSR count). The van der Waals surface area contributed by atoms with Gasteiger partial charge in [-0.3, -0.25) is 0 Å². The third kappa shape index (κ3) is 2.14. The van der Waals surface area contributed by atoms with Crippen molar-refractivity contribution < 1.29 is 13.2 Å². The van der Waals surface area contributed by atoms with Crippen molar-refractivity contribution in [3.63, 3.8) is 0 Å². The van der Waals surface area contributed by atoms with Crippen molar-refractivity contribution >= 4 is 5.69 Å². The minimum Gasteiger partial charge on any atom is -0.382 e. The fourth-order valence-electron chi connectivity index (χ4n) is 4.38. The first-order valence-electron chi connectivity index (χ1n) is 7.58. The van der Waals surface area contributed by atoms with Gasteiger partial charge in [-0.25, -0.2) is 0 Å². The maximum atomic E-state index is 12.6. The van der Waals surface area contributed by atoms with Gasteiger partial charge in [0, 0.05) is 11.7 Å². The Morgan fingerprint density at radius 2 is 1.71 bits per heavy atom. The van der Waals surface area contributed by atoms with Crippen LogP contribution in [-0.2, 0) is 6.18 Å². The molecule has 1 N–H and O–H groups in total. The van der Waals surface area contributed by atoms with Gasteiger partial charge in [0.15, 0.2) is 0 Å². The van der Waals surface area contributed by atoms with Crippen LogP contribution in [0.2, 0.25) is 0 Å². The van der Waals surface area contributed by atoms with Gasteiger partial charge in [-0.2, -0.15) is 13.2 Å². The second kappa shape index (κ2) is 4.40. The highest BCUT2D eigenvalue weighted by Gasteiger charge is 2.61. The third-order valence-corrected chi connectivity index (χ3v) is 6.35. The molecule has 0 amide bonds. The standard InChI is InChI=1S/C17H22F3N/c1-15(2)12-8-9-16(15,3)14(10-12)21-13-6-4-11(5-7-13)17(18,19)20/h4-7,12,14,21H,8-10H2,1-3H3. The molecule has 2 fully saturated rings. The Labute approximate surface area is 123 Å². The van der Waals surface area contributed by atoms with Gasteiger partial charge in [0.1, 0.15) is 0 Å². The van der Waals surface area contributed by atoms with Gasteiger partial charge in [-0.1, -0.05) is 20.8 Å². The lowest BCUT2D eigenvalue weighted by Crippen LogP contribution is -2.40. The first-order valence-corrected chi connectivity index (χ1v) is 7.58. The molecule has 0 aromatic heterocycles. The van der Waals surface area contributed by atoms with E-state index in [2.05, 4.69) is 26.1 Å². The minimum absolute atomic E-state index is 0.223. The number of benzene rings is 1. The molecule has 2 aliphatic rings. The summed E-state index contributed by atoms with van der Waals surface area (Å²) in [5, 5.41) is 3.48. The fourth-order valence-corrected chi connectivity index (χ4v) is 4.38. The van der Waals surface area contributed by atoms with Crippen molar-refractivity contribution in [3.8, 4) is 0 Å². The largest absolute Gasteiger partial charge is 0.416 e. The van der Waals surface area contributed by atoms with Crippen LogP contribution in [0.4, 0.5) is 18.9 Å². The smallest absolute Gasteiger partial charge is 0.382 e. The van der Waals surface area contributed by atoms with Crippen LogP contribution >= 0.6 is 0 Å². The quantitative estimate of drug-likeness (QED) is 0.777. The van der Waals surface area contributed by atoms with Crippen LogP contribution in [0.25, 0.3) is 0 Å². The van der Waals surface area contributed by atoms with Gasteiger partial charge >= 0.3 is 6.18 Å². The lowest BCUT2D eigenvalue weighted by molar-refractivity contribution is -0.137. The first kappa shape index (κ1) is 14.7. The summed E-state index contributed by atoms with van der Waals surface area (Å²) in [6, 6.07) is 5.76. The van der Waals surface area contributed by atoms with Crippen LogP contribution in [0, 0.1) is 16.7 Å². The zero-order chi connectivity index (χ0) is 15.5. The molecule has 3 atom stereocenters. The predicted molar refractivity (Wildman–Crippen MR) is 78.1 cm³/mol. The van der Waals surface area contributed by atoms with Crippen LogP contribution in [0.1, 0.15) is 45.6 Å². The number of rotatable bonds is 2. The average Bonchev–Trinajstić information content (AvgIpc) is 2.71. The maximum absolute atomic E-state index is 12.6. The van der Waals surface area contributed by atoms with Crippen LogP contribution in [-0.4, -0.2) is 6.04 Å². The number of halogens is 3. The Morgan fingerprint density at radius 3 is 2.14 bits per heavy atom. The van der Waals surface area contributed by atoms with Gasteiger partial charge < -0.3 is 5.32 Å². The van der Waals surface area contributed by atoms with Gasteiger partial charge in [0.2, 0.25) is 0 Å². The Morgan fingerprint density at radius 1 is 1.10 bits per heavy atom. The number of hydrogen-bond donors (Lipinski definition) is 1. The summed E-state index contributed by atoms with van der Waals surface area (Å²) in [5.41, 5.74) is 0.724. The molecule has 1 aromatic rings. The lowest BCUT2D eigenvalue weighted by atomic mass is 9.69. The van der Waals surface area contributed by atoms with Crippen molar-refractivity contribution in [1.82, 2.24) is 0 Å². The molecule has 21 heavy (non-hydrogen) atoms. The third-order valence-electron chi connectivity index (χ3n) is 6.35. The Kier molecular flexibility index (Phi) is 3.09. The SMILES string of the molecule is CC1(C)C2CCC1(C)C(Nc1ccc(C(F)(F)F)cc1)C2. The highest BCUT2D eigenvalue weighted by molar-refractivity contribution is 5.47. The molecular formula is C17H22F3N. The summed E-state index contributed by atoms with van der Waals surface area (Å²) in [6.45, 7) is 6.99. The molecule has 0 radical (unpaired) electrons. The van der Waals surface area contributed by atoms with E-state index in [1.54, 1.807) is 12.1 Å². The van der Waals surface area contributed by atoms with E-state index in [-0.39, 0.29) is 5.41 Å². The van der Waals surface area contributed by atoms with Crippen LogP contribution in [0.3, 0.4) is 0 Å². The molecule has 116 valence electrons. The molecule has 0 spiro atoms. The summed E-state index contributed by atoms with van der Waals surface area (Å²) in [5.74, 6) is 0.717. The van der Waals surface area contributed by atoms with Gasteiger partial charge in [0.05, 0.1) is 5.56 Å². The summed E-state index contributed by atoms with van der Waals surface area (Å²) in [7, 11) is 0. The molecule has 4 heteroatoms. The van der Waals surface area contributed by atoms with Gasteiger partial charge in [-0.05, 0) is 60.3 Å². The second-order valence-corrected chi connectivity index (χ2v) is 7.38. The van der Waals surface area contributed by atoms with Gasteiger partial charge in [-0.15, -0.1) is 0 Å². The van der Waals surface area contributed by atoms with Crippen molar-refractivity contribution in [2.75, 3.05) is 5.32 Å². The molecule has 0 heterocycles. The number of fused-ring (bicyclic) bond motifs is 2. The number of nitrogens with one attached hydrogen (secondary N) is 1. The Bertz CT molecular complexity index is 532. The molecule has 3 unspecified atom stereocenters. The summed E-state index contributed by atoms with van der Waals surface area (Å²) < 4.78 is 37.8.